The van der Waals surface area contributed by atoms with Gasteiger partial charge >= 0.3 is 11.9 Å². The van der Waals surface area contributed by atoms with Crippen LogP contribution in [0, 0.1) is 5.41 Å². The van der Waals surface area contributed by atoms with Gasteiger partial charge in [0, 0.05) is 30.7 Å². The highest BCUT2D eigenvalue weighted by atomic mass is 32.2. The molecule has 2 amide bonds. The summed E-state index contributed by atoms with van der Waals surface area (Å²) in [5, 5.41) is 13.9. The normalized spacial score (nSPS) is 23.9. The Labute approximate surface area is 156 Å². The van der Waals surface area contributed by atoms with Crippen molar-refractivity contribution in [3.8, 4) is 0 Å². The van der Waals surface area contributed by atoms with Gasteiger partial charge in [0.25, 0.3) is 5.91 Å². The molecule has 1 rings (SSSR count). The third-order valence-corrected chi connectivity index (χ3v) is 5.02. The maximum absolute atomic E-state index is 12.4. The second-order valence-electron chi connectivity index (χ2n) is 6.49. The van der Waals surface area contributed by atoms with E-state index >= 15 is 0 Å². The Hall–Kier alpha value is -1.81. The van der Waals surface area contributed by atoms with Gasteiger partial charge < -0.3 is 25.2 Å². The fraction of sp³-hybridized carbons (Fsp3) is 0.750. The van der Waals surface area contributed by atoms with E-state index in [-0.39, 0.29) is 25.3 Å². The average Bonchev–Trinajstić information content (AvgIpc) is 2.60. The fourth-order valence-electron chi connectivity index (χ4n) is 2.20. The summed E-state index contributed by atoms with van der Waals surface area (Å²) in [7, 11) is 1.21. The zero-order valence-corrected chi connectivity index (χ0v) is 16.0. The molecule has 3 N–H and O–H groups in total. The number of thioether (sulfide) groups is 1. The summed E-state index contributed by atoms with van der Waals surface area (Å²) in [6.45, 7) is 3.16. The molecule has 0 bridgehead atoms. The van der Waals surface area contributed by atoms with Gasteiger partial charge in [-0.25, -0.2) is 0 Å². The van der Waals surface area contributed by atoms with E-state index in [1.54, 1.807) is 13.8 Å². The molecule has 1 aliphatic rings. The Morgan fingerprint density at radius 3 is 2.62 bits per heavy atom. The highest BCUT2D eigenvalue weighted by Crippen LogP contribution is 2.25. The minimum absolute atomic E-state index is 0.0665. The average molecular weight is 390 g/mol. The van der Waals surface area contributed by atoms with Crippen LogP contribution in [0.2, 0.25) is 0 Å². The van der Waals surface area contributed by atoms with E-state index < -0.39 is 41.2 Å². The maximum Gasteiger partial charge on any atom is 0.319 e. The van der Waals surface area contributed by atoms with Crippen LogP contribution in [0.3, 0.4) is 0 Å². The number of aliphatic hydroxyl groups excluding tert-OH is 1. The number of hydrogen-bond acceptors (Lipinski definition) is 8. The van der Waals surface area contributed by atoms with Crippen LogP contribution in [0.1, 0.15) is 26.7 Å². The summed E-state index contributed by atoms with van der Waals surface area (Å²) in [5.41, 5.74) is -1.03. The number of ether oxygens (including phenoxy) is 2. The van der Waals surface area contributed by atoms with Crippen LogP contribution in [-0.4, -0.2) is 72.8 Å². The number of cyclic esters (lactones) is 1. The highest BCUT2D eigenvalue weighted by Gasteiger charge is 2.39. The lowest BCUT2D eigenvalue weighted by molar-refractivity contribution is -0.166. The standard InChI is InChI=1S/C16H26N2O7S/c1-16(2,9-19)13-14(22)18-5-4-11(20)17-6-7-26-10(15(23)24-3)8-12(21)25-13/h10,13,19H,4-9H2,1-3H3,(H,17,20)(H,18,22)/t10?,13-/m0/s1. The summed E-state index contributed by atoms with van der Waals surface area (Å²) in [4.78, 5) is 48.3. The van der Waals surface area contributed by atoms with Gasteiger partial charge in [0.05, 0.1) is 20.1 Å². The Morgan fingerprint density at radius 2 is 2.00 bits per heavy atom. The quantitative estimate of drug-likeness (QED) is 0.535. The van der Waals surface area contributed by atoms with E-state index in [0.29, 0.717) is 12.3 Å². The van der Waals surface area contributed by atoms with Crippen molar-refractivity contribution in [2.75, 3.05) is 32.6 Å². The molecule has 9 nitrogen and oxygen atoms in total. The van der Waals surface area contributed by atoms with Gasteiger partial charge in [-0.1, -0.05) is 13.8 Å². The second-order valence-corrected chi connectivity index (χ2v) is 7.80. The first-order valence-electron chi connectivity index (χ1n) is 8.25. The van der Waals surface area contributed by atoms with Gasteiger partial charge in [-0.15, -0.1) is 11.8 Å². The van der Waals surface area contributed by atoms with Crippen molar-refractivity contribution in [3.05, 3.63) is 0 Å². The van der Waals surface area contributed by atoms with Gasteiger partial charge in [0.15, 0.2) is 6.10 Å². The zero-order chi connectivity index (χ0) is 19.7. The molecule has 148 valence electrons. The van der Waals surface area contributed by atoms with E-state index in [2.05, 4.69) is 10.6 Å². The Morgan fingerprint density at radius 1 is 1.31 bits per heavy atom. The molecule has 1 aliphatic heterocycles. The minimum Gasteiger partial charge on any atom is -0.468 e. The smallest absolute Gasteiger partial charge is 0.319 e. The van der Waals surface area contributed by atoms with E-state index in [0.717, 1.165) is 11.8 Å². The summed E-state index contributed by atoms with van der Waals surface area (Å²) in [6, 6.07) is 0. The second kappa shape index (κ2) is 10.4. The Bertz CT molecular complexity index is 539. The van der Waals surface area contributed by atoms with Crippen LogP contribution in [0.5, 0.6) is 0 Å². The number of methoxy groups -OCH3 is 1. The minimum atomic E-state index is -1.26. The third-order valence-electron chi connectivity index (χ3n) is 3.82. The molecule has 1 saturated heterocycles. The van der Waals surface area contributed by atoms with Crippen molar-refractivity contribution in [1.29, 1.82) is 0 Å². The number of amides is 2. The summed E-state index contributed by atoms with van der Waals surface area (Å²) in [6.07, 6.45) is -1.47. The molecule has 0 radical (unpaired) electrons. The van der Waals surface area contributed by atoms with Gasteiger partial charge in [-0.3, -0.25) is 19.2 Å². The molecular formula is C16H26N2O7S. The summed E-state index contributed by atoms with van der Waals surface area (Å²) < 4.78 is 9.97. The molecule has 1 heterocycles. The van der Waals surface area contributed by atoms with Gasteiger partial charge in [0.1, 0.15) is 5.25 Å². The molecule has 0 aromatic heterocycles. The number of carbonyl (C=O) groups excluding carboxylic acids is 4. The van der Waals surface area contributed by atoms with Crippen LogP contribution in [0.25, 0.3) is 0 Å². The van der Waals surface area contributed by atoms with Crippen molar-refractivity contribution >= 4 is 35.5 Å². The molecule has 1 unspecified atom stereocenters. The number of rotatable bonds is 3. The van der Waals surface area contributed by atoms with Crippen LogP contribution >= 0.6 is 11.8 Å². The Kier molecular flexibility index (Phi) is 8.86. The van der Waals surface area contributed by atoms with Crippen molar-refractivity contribution in [2.24, 2.45) is 5.41 Å². The van der Waals surface area contributed by atoms with Crippen molar-refractivity contribution in [3.63, 3.8) is 0 Å². The molecule has 1 fully saturated rings. The van der Waals surface area contributed by atoms with Gasteiger partial charge in [-0.05, 0) is 0 Å². The number of aliphatic hydroxyl groups is 1. The van der Waals surface area contributed by atoms with E-state index in [4.69, 9.17) is 9.47 Å². The fourth-order valence-corrected chi connectivity index (χ4v) is 3.19. The molecular weight excluding hydrogens is 364 g/mol. The molecule has 0 spiro atoms. The van der Waals surface area contributed by atoms with Crippen LogP contribution in [-0.2, 0) is 28.7 Å². The largest absolute Gasteiger partial charge is 0.468 e. The van der Waals surface area contributed by atoms with Crippen molar-refractivity contribution in [2.45, 2.75) is 38.0 Å². The predicted octanol–water partition coefficient (Wildman–Crippen LogP) is -0.782. The first-order chi connectivity index (χ1) is 12.2. The lowest BCUT2D eigenvalue weighted by Crippen LogP contribution is -2.49. The number of esters is 2. The number of carbonyl (C=O) groups is 4. The molecule has 0 saturated carbocycles. The lowest BCUT2D eigenvalue weighted by atomic mass is 9.86. The van der Waals surface area contributed by atoms with Crippen LogP contribution in [0.4, 0.5) is 0 Å². The zero-order valence-electron chi connectivity index (χ0n) is 15.2. The summed E-state index contributed by atoms with van der Waals surface area (Å²) in [5.74, 6) is -1.77. The maximum atomic E-state index is 12.4. The molecule has 10 heteroatoms. The predicted molar refractivity (Wildman–Crippen MR) is 94.3 cm³/mol. The first-order valence-corrected chi connectivity index (χ1v) is 9.30. The van der Waals surface area contributed by atoms with Crippen molar-refractivity contribution in [1.82, 2.24) is 10.6 Å². The molecule has 0 aromatic carbocycles. The van der Waals surface area contributed by atoms with E-state index in [1.165, 1.54) is 7.11 Å². The molecule has 26 heavy (non-hydrogen) atoms. The van der Waals surface area contributed by atoms with Crippen molar-refractivity contribution < 1.29 is 33.8 Å². The number of hydrogen-bond donors (Lipinski definition) is 3. The van der Waals surface area contributed by atoms with E-state index in [9.17, 15) is 24.3 Å². The third kappa shape index (κ3) is 6.83. The lowest BCUT2D eigenvalue weighted by Gasteiger charge is -2.31. The van der Waals surface area contributed by atoms with E-state index in [1.807, 2.05) is 0 Å². The topological polar surface area (TPSA) is 131 Å². The van der Waals surface area contributed by atoms with Crippen LogP contribution in [0.15, 0.2) is 0 Å². The molecule has 0 aliphatic carbocycles. The van der Waals surface area contributed by atoms with Crippen LogP contribution < -0.4 is 10.6 Å². The molecule has 2 atom stereocenters. The highest BCUT2D eigenvalue weighted by molar-refractivity contribution is 8.00. The first kappa shape index (κ1) is 22.2. The SMILES string of the molecule is COC(=O)C1CC(=O)O[C@H](C(C)(C)CO)C(=O)NCCC(=O)NCCS1. The van der Waals surface area contributed by atoms with Gasteiger partial charge in [0.2, 0.25) is 5.91 Å². The Balaban J connectivity index is 2.99. The monoisotopic (exact) mass is 390 g/mol. The number of nitrogens with one attached hydrogen (secondary N) is 2. The van der Waals surface area contributed by atoms with Gasteiger partial charge in [-0.2, -0.15) is 0 Å². The molecule has 0 aromatic rings. The summed E-state index contributed by atoms with van der Waals surface area (Å²) >= 11 is 1.16.